The van der Waals surface area contributed by atoms with Gasteiger partial charge in [0.15, 0.2) is 0 Å². The van der Waals surface area contributed by atoms with Crippen LogP contribution in [0.25, 0.3) is 0 Å². The lowest BCUT2D eigenvalue weighted by molar-refractivity contribution is 0.0638. The van der Waals surface area contributed by atoms with E-state index >= 15 is 0 Å². The molecule has 2 atom stereocenters. The van der Waals surface area contributed by atoms with Gasteiger partial charge in [0.25, 0.3) is 0 Å². The molecule has 102 valence electrons. The molecule has 2 unspecified atom stereocenters. The SMILES string of the molecule is CCCC1CCCCN1C(CNCC)C(C)C. The molecule has 1 fully saturated rings. The van der Waals surface area contributed by atoms with E-state index in [0.29, 0.717) is 0 Å². The van der Waals surface area contributed by atoms with Gasteiger partial charge in [-0.05, 0) is 38.3 Å². The van der Waals surface area contributed by atoms with Crippen LogP contribution in [0.1, 0.15) is 59.8 Å². The molecule has 0 aromatic carbocycles. The summed E-state index contributed by atoms with van der Waals surface area (Å²) in [6.07, 6.45) is 6.97. The first kappa shape index (κ1) is 15.0. The van der Waals surface area contributed by atoms with Crippen LogP contribution in [-0.4, -0.2) is 36.6 Å². The summed E-state index contributed by atoms with van der Waals surface area (Å²) in [6.45, 7) is 12.8. The third kappa shape index (κ3) is 4.59. The Morgan fingerprint density at radius 3 is 2.59 bits per heavy atom. The quantitative estimate of drug-likeness (QED) is 0.735. The largest absolute Gasteiger partial charge is 0.315 e. The summed E-state index contributed by atoms with van der Waals surface area (Å²) in [5.41, 5.74) is 0. The van der Waals surface area contributed by atoms with E-state index in [4.69, 9.17) is 0 Å². The van der Waals surface area contributed by atoms with Crippen molar-refractivity contribution in [2.75, 3.05) is 19.6 Å². The number of likely N-dealkylation sites (tertiary alicyclic amines) is 1. The van der Waals surface area contributed by atoms with Crippen molar-refractivity contribution in [3.8, 4) is 0 Å². The zero-order chi connectivity index (χ0) is 12.7. The molecule has 2 heteroatoms. The minimum Gasteiger partial charge on any atom is -0.315 e. The van der Waals surface area contributed by atoms with Gasteiger partial charge in [0.05, 0.1) is 0 Å². The number of nitrogens with one attached hydrogen (secondary N) is 1. The molecule has 0 saturated carbocycles. The highest BCUT2D eigenvalue weighted by Crippen LogP contribution is 2.25. The van der Waals surface area contributed by atoms with Gasteiger partial charge in [-0.1, -0.05) is 40.5 Å². The molecule has 1 heterocycles. The monoisotopic (exact) mass is 240 g/mol. The second-order valence-corrected chi connectivity index (χ2v) is 5.80. The van der Waals surface area contributed by atoms with Gasteiger partial charge in [-0.3, -0.25) is 4.90 Å². The summed E-state index contributed by atoms with van der Waals surface area (Å²) in [5, 5.41) is 3.55. The Bertz CT molecular complexity index is 189. The Labute approximate surface area is 108 Å². The first-order valence-electron chi connectivity index (χ1n) is 7.67. The van der Waals surface area contributed by atoms with Gasteiger partial charge in [-0.15, -0.1) is 0 Å². The number of piperidine rings is 1. The van der Waals surface area contributed by atoms with Gasteiger partial charge >= 0.3 is 0 Å². The number of likely N-dealkylation sites (N-methyl/N-ethyl adjacent to an activating group) is 1. The molecule has 0 aromatic heterocycles. The highest BCUT2D eigenvalue weighted by atomic mass is 15.2. The summed E-state index contributed by atoms with van der Waals surface area (Å²) >= 11 is 0. The van der Waals surface area contributed by atoms with Crippen molar-refractivity contribution in [2.24, 2.45) is 5.92 Å². The Morgan fingerprint density at radius 2 is 2.00 bits per heavy atom. The Hall–Kier alpha value is -0.0800. The molecule has 1 saturated heterocycles. The van der Waals surface area contributed by atoms with Crippen LogP contribution in [0.2, 0.25) is 0 Å². The lowest BCUT2D eigenvalue weighted by atomic mass is 9.92. The summed E-state index contributed by atoms with van der Waals surface area (Å²) in [6, 6.07) is 1.58. The van der Waals surface area contributed by atoms with E-state index in [2.05, 4.69) is 37.9 Å². The minimum atomic E-state index is 0.729. The van der Waals surface area contributed by atoms with Crippen LogP contribution in [-0.2, 0) is 0 Å². The normalized spacial score (nSPS) is 24.2. The summed E-state index contributed by atoms with van der Waals surface area (Å²) < 4.78 is 0. The van der Waals surface area contributed by atoms with Crippen molar-refractivity contribution in [2.45, 2.75) is 71.9 Å². The smallest absolute Gasteiger partial charge is 0.0246 e. The van der Waals surface area contributed by atoms with Gasteiger partial charge in [0, 0.05) is 18.6 Å². The molecule has 1 rings (SSSR count). The summed E-state index contributed by atoms with van der Waals surface area (Å²) in [7, 11) is 0. The third-order valence-electron chi connectivity index (χ3n) is 4.09. The van der Waals surface area contributed by atoms with Gasteiger partial charge in [-0.2, -0.15) is 0 Å². The van der Waals surface area contributed by atoms with Crippen LogP contribution >= 0.6 is 0 Å². The standard InChI is InChI=1S/C15H32N2/c1-5-9-14-10-7-8-11-17(14)15(13(3)4)12-16-6-2/h13-16H,5-12H2,1-4H3. The van der Waals surface area contributed by atoms with Crippen molar-refractivity contribution in [3.05, 3.63) is 0 Å². The van der Waals surface area contributed by atoms with E-state index in [1.807, 2.05) is 0 Å². The molecule has 1 aliphatic heterocycles. The van der Waals surface area contributed by atoms with Crippen molar-refractivity contribution in [3.63, 3.8) is 0 Å². The zero-order valence-corrected chi connectivity index (χ0v) is 12.3. The lowest BCUT2D eigenvalue weighted by Gasteiger charge is -2.43. The molecular weight excluding hydrogens is 208 g/mol. The first-order chi connectivity index (χ1) is 8.20. The fourth-order valence-electron chi connectivity index (χ4n) is 3.13. The molecule has 1 N–H and O–H groups in total. The number of hydrogen-bond acceptors (Lipinski definition) is 2. The summed E-state index contributed by atoms with van der Waals surface area (Å²) in [4.78, 5) is 2.81. The molecule has 0 radical (unpaired) electrons. The number of rotatable bonds is 7. The van der Waals surface area contributed by atoms with Crippen LogP contribution in [0.15, 0.2) is 0 Å². The Balaban J connectivity index is 2.60. The zero-order valence-electron chi connectivity index (χ0n) is 12.3. The fraction of sp³-hybridized carbons (Fsp3) is 1.00. The molecule has 0 spiro atoms. The molecule has 0 aromatic rings. The molecule has 17 heavy (non-hydrogen) atoms. The van der Waals surface area contributed by atoms with Crippen LogP contribution in [0.5, 0.6) is 0 Å². The second kappa shape index (κ2) is 8.10. The minimum absolute atomic E-state index is 0.729. The predicted octanol–water partition coefficient (Wildman–Crippen LogP) is 3.28. The van der Waals surface area contributed by atoms with Crippen molar-refractivity contribution >= 4 is 0 Å². The lowest BCUT2D eigenvalue weighted by Crippen LogP contribution is -2.52. The molecular formula is C15H32N2. The molecule has 1 aliphatic rings. The van der Waals surface area contributed by atoms with Crippen LogP contribution in [0, 0.1) is 5.92 Å². The maximum atomic E-state index is 3.55. The van der Waals surface area contributed by atoms with Crippen LogP contribution in [0.4, 0.5) is 0 Å². The average molecular weight is 240 g/mol. The van der Waals surface area contributed by atoms with Crippen molar-refractivity contribution in [1.29, 1.82) is 0 Å². The van der Waals surface area contributed by atoms with Crippen LogP contribution < -0.4 is 5.32 Å². The van der Waals surface area contributed by atoms with E-state index in [0.717, 1.165) is 31.1 Å². The van der Waals surface area contributed by atoms with E-state index in [-0.39, 0.29) is 0 Å². The van der Waals surface area contributed by atoms with Gasteiger partial charge in [0.1, 0.15) is 0 Å². The van der Waals surface area contributed by atoms with Crippen molar-refractivity contribution < 1.29 is 0 Å². The highest BCUT2D eigenvalue weighted by molar-refractivity contribution is 4.85. The average Bonchev–Trinajstić information content (AvgIpc) is 2.31. The van der Waals surface area contributed by atoms with E-state index in [9.17, 15) is 0 Å². The van der Waals surface area contributed by atoms with E-state index < -0.39 is 0 Å². The van der Waals surface area contributed by atoms with Crippen molar-refractivity contribution in [1.82, 2.24) is 10.2 Å². The fourth-order valence-corrected chi connectivity index (χ4v) is 3.13. The molecule has 0 amide bonds. The van der Waals surface area contributed by atoms with Gasteiger partial charge in [0.2, 0.25) is 0 Å². The Morgan fingerprint density at radius 1 is 1.24 bits per heavy atom. The first-order valence-corrected chi connectivity index (χ1v) is 7.67. The number of nitrogens with zero attached hydrogens (tertiary/aromatic N) is 1. The molecule has 0 aliphatic carbocycles. The highest BCUT2D eigenvalue weighted by Gasteiger charge is 2.29. The van der Waals surface area contributed by atoms with Gasteiger partial charge < -0.3 is 5.32 Å². The van der Waals surface area contributed by atoms with Crippen LogP contribution in [0.3, 0.4) is 0 Å². The summed E-state index contributed by atoms with van der Waals surface area (Å²) in [5.74, 6) is 0.756. The Kier molecular flexibility index (Phi) is 7.14. The van der Waals surface area contributed by atoms with E-state index in [1.54, 1.807) is 0 Å². The topological polar surface area (TPSA) is 15.3 Å². The number of hydrogen-bond donors (Lipinski definition) is 1. The third-order valence-corrected chi connectivity index (χ3v) is 4.09. The van der Waals surface area contributed by atoms with Gasteiger partial charge in [-0.25, -0.2) is 0 Å². The maximum Gasteiger partial charge on any atom is 0.0246 e. The van der Waals surface area contributed by atoms with E-state index in [1.165, 1.54) is 38.6 Å². The second-order valence-electron chi connectivity index (χ2n) is 5.80. The molecule has 0 bridgehead atoms. The maximum absolute atomic E-state index is 3.55. The predicted molar refractivity (Wildman–Crippen MR) is 76.4 cm³/mol. The molecule has 2 nitrogen and oxygen atoms in total.